The van der Waals surface area contributed by atoms with Crippen LogP contribution in [0.5, 0.6) is 34.5 Å². The van der Waals surface area contributed by atoms with E-state index in [0.717, 1.165) is 33.4 Å². The Morgan fingerprint density at radius 3 is 0.600 bits per heavy atom. The SMILES string of the molecule is CC(COP(OCC(C)(c1ccc(O)cc1)c1ccc(O)cc1)OCC(C)(c1ccc(O)cc1)c1ccc(O)cc1)(c1ccc(O)cc1)c1ccc(O)cc1. The molecule has 9 nitrogen and oxygen atoms in total. The molecule has 6 rings (SSSR count). The highest BCUT2D eigenvalue weighted by Crippen LogP contribution is 2.49. The third kappa shape index (κ3) is 8.88. The summed E-state index contributed by atoms with van der Waals surface area (Å²) in [4.78, 5) is 0. The highest BCUT2D eigenvalue weighted by Gasteiger charge is 2.37. The van der Waals surface area contributed by atoms with Gasteiger partial charge in [-0.2, -0.15) is 0 Å². The van der Waals surface area contributed by atoms with Crippen LogP contribution in [0.1, 0.15) is 54.2 Å². The first-order chi connectivity index (χ1) is 26.3. The lowest BCUT2D eigenvalue weighted by atomic mass is 9.77. The van der Waals surface area contributed by atoms with Crippen molar-refractivity contribution in [2.75, 3.05) is 19.8 Å². The lowest BCUT2D eigenvalue weighted by molar-refractivity contribution is 0.119. The molecule has 0 unspecified atom stereocenters. The van der Waals surface area contributed by atoms with Crippen LogP contribution < -0.4 is 0 Å². The molecular weight excluding hydrogens is 715 g/mol. The van der Waals surface area contributed by atoms with Crippen molar-refractivity contribution in [3.8, 4) is 34.5 Å². The van der Waals surface area contributed by atoms with Gasteiger partial charge in [0.2, 0.25) is 0 Å². The first-order valence-corrected chi connectivity index (χ1v) is 18.8. The van der Waals surface area contributed by atoms with Crippen LogP contribution in [0.15, 0.2) is 146 Å². The molecule has 6 aromatic rings. The van der Waals surface area contributed by atoms with Crippen LogP contribution in [0.25, 0.3) is 0 Å². The molecule has 0 atom stereocenters. The summed E-state index contributed by atoms with van der Waals surface area (Å²) in [6, 6.07) is 41.3. The Morgan fingerprint density at radius 2 is 0.455 bits per heavy atom. The summed E-state index contributed by atoms with van der Waals surface area (Å²) in [5, 5.41) is 60.7. The van der Waals surface area contributed by atoms with E-state index in [1.54, 1.807) is 72.8 Å². The number of phenolic OH excluding ortho intramolecular Hbond substituents is 6. The molecule has 55 heavy (non-hydrogen) atoms. The molecule has 6 aromatic carbocycles. The molecule has 0 amide bonds. The van der Waals surface area contributed by atoms with Gasteiger partial charge in [-0.3, -0.25) is 0 Å². The van der Waals surface area contributed by atoms with Crippen molar-refractivity contribution in [2.24, 2.45) is 0 Å². The summed E-state index contributed by atoms with van der Waals surface area (Å²) in [6.45, 7) is 6.27. The topological polar surface area (TPSA) is 149 Å². The van der Waals surface area contributed by atoms with Crippen molar-refractivity contribution in [3.63, 3.8) is 0 Å². The zero-order valence-corrected chi connectivity index (χ0v) is 31.7. The third-order valence-electron chi connectivity index (χ3n) is 10.4. The second-order valence-corrected chi connectivity index (χ2v) is 15.5. The van der Waals surface area contributed by atoms with Gasteiger partial charge < -0.3 is 44.2 Å². The fourth-order valence-electron chi connectivity index (χ4n) is 6.63. The summed E-state index contributed by atoms with van der Waals surface area (Å²) in [7, 11) is -2.13. The average molecular weight is 761 g/mol. The van der Waals surface area contributed by atoms with E-state index >= 15 is 0 Å². The maximum Gasteiger partial charge on any atom is 0.332 e. The number of phenols is 6. The highest BCUT2D eigenvalue weighted by atomic mass is 31.2. The van der Waals surface area contributed by atoms with Crippen LogP contribution in [0.2, 0.25) is 0 Å². The molecule has 6 N–H and O–H groups in total. The minimum atomic E-state index is -2.13. The maximum atomic E-state index is 10.1. The maximum absolute atomic E-state index is 10.1. The molecule has 0 aromatic heterocycles. The largest absolute Gasteiger partial charge is 0.508 e. The van der Waals surface area contributed by atoms with Gasteiger partial charge in [0.05, 0.1) is 19.8 Å². The van der Waals surface area contributed by atoms with Crippen molar-refractivity contribution < 1.29 is 44.2 Å². The summed E-state index contributed by atoms with van der Waals surface area (Å²) in [6.07, 6.45) is 0. The lowest BCUT2D eigenvalue weighted by Crippen LogP contribution is -2.32. The van der Waals surface area contributed by atoms with E-state index in [-0.39, 0.29) is 54.3 Å². The first-order valence-electron chi connectivity index (χ1n) is 17.7. The van der Waals surface area contributed by atoms with Crippen LogP contribution in [0.4, 0.5) is 0 Å². The summed E-state index contributed by atoms with van der Waals surface area (Å²) < 4.78 is 20.2. The van der Waals surface area contributed by atoms with Crippen LogP contribution in [-0.4, -0.2) is 50.5 Å². The van der Waals surface area contributed by atoms with Gasteiger partial charge >= 0.3 is 8.60 Å². The zero-order chi connectivity index (χ0) is 39.2. The Labute approximate surface area is 322 Å². The van der Waals surface area contributed by atoms with Crippen molar-refractivity contribution >= 4 is 8.60 Å². The van der Waals surface area contributed by atoms with Crippen molar-refractivity contribution in [1.82, 2.24) is 0 Å². The number of benzene rings is 6. The molecule has 0 aliphatic heterocycles. The van der Waals surface area contributed by atoms with Crippen LogP contribution in [-0.2, 0) is 29.8 Å². The van der Waals surface area contributed by atoms with E-state index in [9.17, 15) is 30.6 Å². The molecule has 0 fully saturated rings. The zero-order valence-electron chi connectivity index (χ0n) is 30.8. The normalized spacial score (nSPS) is 12.2. The predicted molar refractivity (Wildman–Crippen MR) is 213 cm³/mol. The molecule has 0 saturated carbocycles. The van der Waals surface area contributed by atoms with E-state index in [1.165, 1.54) is 0 Å². The second kappa shape index (κ2) is 16.4. The highest BCUT2D eigenvalue weighted by molar-refractivity contribution is 7.41. The van der Waals surface area contributed by atoms with Gasteiger partial charge in [0.25, 0.3) is 0 Å². The van der Waals surface area contributed by atoms with Gasteiger partial charge in [0.1, 0.15) is 34.5 Å². The van der Waals surface area contributed by atoms with Crippen molar-refractivity contribution in [1.29, 1.82) is 0 Å². The smallest absolute Gasteiger partial charge is 0.332 e. The number of rotatable bonds is 15. The van der Waals surface area contributed by atoms with Gasteiger partial charge in [0, 0.05) is 16.2 Å². The van der Waals surface area contributed by atoms with Crippen LogP contribution >= 0.6 is 8.60 Å². The molecular formula is C45H45O9P. The Hall–Kier alpha value is -5.57. The fourth-order valence-corrected chi connectivity index (χ4v) is 7.95. The minimum absolute atomic E-state index is 0.0819. The monoisotopic (exact) mass is 760 g/mol. The van der Waals surface area contributed by atoms with Gasteiger partial charge in [-0.05, 0) is 127 Å². The molecule has 0 bridgehead atoms. The number of hydrogen-bond acceptors (Lipinski definition) is 9. The summed E-state index contributed by atoms with van der Waals surface area (Å²) >= 11 is 0. The lowest BCUT2D eigenvalue weighted by Gasteiger charge is -2.36. The Bertz CT molecular complexity index is 1750. The quantitative estimate of drug-likeness (QED) is 0.0563. The number of aromatic hydroxyl groups is 6. The van der Waals surface area contributed by atoms with Crippen molar-refractivity contribution in [3.05, 3.63) is 179 Å². The minimum Gasteiger partial charge on any atom is -0.508 e. The van der Waals surface area contributed by atoms with Gasteiger partial charge in [0.15, 0.2) is 0 Å². The molecule has 0 aliphatic rings. The molecule has 0 radical (unpaired) electrons. The Balaban J connectivity index is 1.38. The molecule has 10 heteroatoms. The summed E-state index contributed by atoms with van der Waals surface area (Å²) in [5.74, 6) is 0.734. The van der Waals surface area contributed by atoms with Gasteiger partial charge in [-0.1, -0.05) is 72.8 Å². The van der Waals surface area contributed by atoms with Crippen LogP contribution in [0.3, 0.4) is 0 Å². The summed E-state index contributed by atoms with van der Waals surface area (Å²) in [5.41, 5.74) is 2.73. The molecule has 284 valence electrons. The average Bonchev–Trinajstić information content (AvgIpc) is 3.18. The first kappa shape index (κ1) is 39.1. The van der Waals surface area contributed by atoms with E-state index in [1.807, 2.05) is 93.6 Å². The Kier molecular flexibility index (Phi) is 11.7. The van der Waals surface area contributed by atoms with Gasteiger partial charge in [-0.25, -0.2) is 0 Å². The van der Waals surface area contributed by atoms with Crippen LogP contribution in [0, 0.1) is 0 Å². The fraction of sp³-hybridized carbons (Fsp3) is 0.200. The van der Waals surface area contributed by atoms with E-state index in [4.69, 9.17) is 13.6 Å². The standard InChI is InChI=1S/C45H45O9P/c1-43(31-4-16-37(46)17-5-31,32-6-18-38(47)19-7-32)28-52-55(53-29-44(2,33-8-20-39(48)21-9-33)34-10-22-40(49)23-11-34)54-30-45(3,35-12-24-41(50)25-13-35)36-14-26-42(51)27-15-36/h4-27,46-51H,28-30H2,1-3H3. The predicted octanol–water partition coefficient (Wildman–Crippen LogP) is 9.52. The van der Waals surface area contributed by atoms with E-state index in [2.05, 4.69) is 0 Å². The molecule has 0 heterocycles. The van der Waals surface area contributed by atoms with E-state index in [0.29, 0.717) is 0 Å². The molecule has 0 spiro atoms. The van der Waals surface area contributed by atoms with E-state index < -0.39 is 24.8 Å². The third-order valence-corrected chi connectivity index (χ3v) is 11.4. The van der Waals surface area contributed by atoms with Gasteiger partial charge in [-0.15, -0.1) is 0 Å². The Morgan fingerprint density at radius 1 is 0.309 bits per heavy atom. The number of hydrogen-bond donors (Lipinski definition) is 6. The van der Waals surface area contributed by atoms with Crippen molar-refractivity contribution in [2.45, 2.75) is 37.0 Å². The molecule has 0 aliphatic carbocycles. The molecule has 0 saturated heterocycles. The second-order valence-electron chi connectivity index (χ2n) is 14.3.